The van der Waals surface area contributed by atoms with E-state index in [1.54, 1.807) is 0 Å². The van der Waals surface area contributed by atoms with E-state index in [1.807, 2.05) is 0 Å². The van der Waals surface area contributed by atoms with Gasteiger partial charge in [0.1, 0.15) is 0 Å². The molecule has 130 valence electrons. The van der Waals surface area contributed by atoms with Crippen molar-refractivity contribution < 1.29 is 0 Å². The zero-order valence-electron chi connectivity index (χ0n) is 14.3. The zero-order chi connectivity index (χ0) is 14.9. The molecule has 2 heterocycles. The first-order chi connectivity index (χ1) is 10.3. The van der Waals surface area contributed by atoms with Crippen LogP contribution >= 0.6 is 24.0 Å². The predicted octanol–water partition coefficient (Wildman–Crippen LogP) is 1.60. The second-order valence-electron chi connectivity index (χ2n) is 6.47. The van der Waals surface area contributed by atoms with Gasteiger partial charge in [-0.15, -0.1) is 24.0 Å². The lowest BCUT2D eigenvalue weighted by Gasteiger charge is -2.26. The van der Waals surface area contributed by atoms with E-state index in [9.17, 15) is 0 Å². The van der Waals surface area contributed by atoms with E-state index in [0.29, 0.717) is 0 Å². The van der Waals surface area contributed by atoms with Gasteiger partial charge in [0, 0.05) is 32.7 Å². The van der Waals surface area contributed by atoms with Gasteiger partial charge in [0.05, 0.1) is 0 Å². The summed E-state index contributed by atoms with van der Waals surface area (Å²) in [4.78, 5) is 9.72. The number of piperidine rings is 1. The number of nitrogens with one attached hydrogen (secondary N) is 2. The molecule has 2 fully saturated rings. The molecule has 5 nitrogen and oxygen atoms in total. The van der Waals surface area contributed by atoms with Crippen LogP contribution in [0.15, 0.2) is 4.99 Å². The topological polar surface area (TPSA) is 42.9 Å². The second kappa shape index (κ2) is 11.5. The average molecular weight is 423 g/mol. The van der Waals surface area contributed by atoms with Crippen molar-refractivity contribution in [1.82, 2.24) is 20.4 Å². The van der Waals surface area contributed by atoms with E-state index in [-0.39, 0.29) is 24.0 Å². The van der Waals surface area contributed by atoms with E-state index in [2.05, 4.69) is 34.4 Å². The number of nitrogens with zero attached hydrogens (tertiary/aromatic N) is 3. The second-order valence-corrected chi connectivity index (χ2v) is 6.47. The van der Waals surface area contributed by atoms with Gasteiger partial charge in [-0.25, -0.2) is 0 Å². The number of hydrogen-bond acceptors (Lipinski definition) is 3. The van der Waals surface area contributed by atoms with Crippen LogP contribution in [-0.2, 0) is 0 Å². The number of rotatable bonds is 6. The van der Waals surface area contributed by atoms with Crippen molar-refractivity contribution in [2.45, 2.75) is 32.6 Å². The number of halogens is 1. The molecule has 0 aliphatic carbocycles. The minimum Gasteiger partial charge on any atom is -0.357 e. The highest BCUT2D eigenvalue weighted by Gasteiger charge is 2.18. The molecule has 0 aromatic heterocycles. The molecule has 2 aliphatic rings. The summed E-state index contributed by atoms with van der Waals surface area (Å²) in [6.45, 7) is 11.1. The lowest BCUT2D eigenvalue weighted by molar-refractivity contribution is 0.232. The van der Waals surface area contributed by atoms with Crippen LogP contribution in [0.25, 0.3) is 0 Å². The molecule has 1 atom stereocenters. The molecule has 2 rings (SSSR count). The molecule has 0 aromatic carbocycles. The fourth-order valence-electron chi connectivity index (χ4n) is 3.25. The first kappa shape index (κ1) is 20.0. The molecule has 0 amide bonds. The molecule has 0 aromatic rings. The first-order valence-corrected chi connectivity index (χ1v) is 8.71. The van der Waals surface area contributed by atoms with Crippen LogP contribution in [0.2, 0.25) is 0 Å². The maximum atomic E-state index is 4.76. The zero-order valence-corrected chi connectivity index (χ0v) is 16.6. The Kier molecular flexibility index (Phi) is 10.4. The van der Waals surface area contributed by atoms with Gasteiger partial charge < -0.3 is 20.4 Å². The highest BCUT2D eigenvalue weighted by molar-refractivity contribution is 14.0. The lowest BCUT2D eigenvalue weighted by Crippen LogP contribution is -2.42. The van der Waals surface area contributed by atoms with Crippen molar-refractivity contribution in [1.29, 1.82) is 0 Å². The van der Waals surface area contributed by atoms with Crippen LogP contribution in [0.1, 0.15) is 32.6 Å². The summed E-state index contributed by atoms with van der Waals surface area (Å²) < 4.78 is 0. The largest absolute Gasteiger partial charge is 0.357 e. The molecule has 2 saturated heterocycles. The molecule has 0 spiro atoms. The lowest BCUT2D eigenvalue weighted by atomic mass is 10.1. The van der Waals surface area contributed by atoms with E-state index < -0.39 is 0 Å². The van der Waals surface area contributed by atoms with E-state index in [4.69, 9.17) is 4.99 Å². The van der Waals surface area contributed by atoms with Crippen molar-refractivity contribution in [3.8, 4) is 0 Å². The van der Waals surface area contributed by atoms with Crippen LogP contribution in [-0.4, -0.2) is 75.2 Å². The Morgan fingerprint density at radius 1 is 1.14 bits per heavy atom. The van der Waals surface area contributed by atoms with Crippen LogP contribution in [0.4, 0.5) is 0 Å². The van der Waals surface area contributed by atoms with Crippen LogP contribution in [0.5, 0.6) is 0 Å². The Balaban J connectivity index is 0.00000242. The third kappa shape index (κ3) is 7.46. The van der Waals surface area contributed by atoms with Gasteiger partial charge in [-0.1, -0.05) is 6.42 Å². The summed E-state index contributed by atoms with van der Waals surface area (Å²) in [6.07, 6.45) is 5.42. The van der Waals surface area contributed by atoms with Crippen molar-refractivity contribution in [3.63, 3.8) is 0 Å². The molecule has 0 bridgehead atoms. The van der Waals surface area contributed by atoms with Gasteiger partial charge in [-0.3, -0.25) is 4.99 Å². The molecule has 2 aliphatic heterocycles. The monoisotopic (exact) mass is 423 g/mol. The Hall–Kier alpha value is -0.0800. The normalized spacial score (nSPS) is 24.1. The van der Waals surface area contributed by atoms with Crippen molar-refractivity contribution >= 4 is 29.9 Å². The standard InChI is InChI=1S/C16H33N5.HI/c1-3-17-16(19-13-15-7-11-20(2)14-15)18-8-12-21-9-5-4-6-10-21;/h15H,3-14H2,1-2H3,(H2,17,18,19);1H. The third-order valence-electron chi connectivity index (χ3n) is 4.51. The quantitative estimate of drug-likeness (QED) is 0.387. The Labute approximate surface area is 153 Å². The fourth-order valence-corrected chi connectivity index (χ4v) is 3.25. The van der Waals surface area contributed by atoms with Gasteiger partial charge in [0.2, 0.25) is 0 Å². The molecule has 6 heteroatoms. The van der Waals surface area contributed by atoms with E-state index in [1.165, 1.54) is 51.9 Å². The number of guanidine groups is 1. The molecular weight excluding hydrogens is 389 g/mol. The maximum Gasteiger partial charge on any atom is 0.191 e. The Morgan fingerprint density at radius 2 is 1.91 bits per heavy atom. The minimum atomic E-state index is 0. The average Bonchev–Trinajstić information content (AvgIpc) is 2.91. The highest BCUT2D eigenvalue weighted by atomic mass is 127. The predicted molar refractivity (Wildman–Crippen MR) is 105 cm³/mol. The summed E-state index contributed by atoms with van der Waals surface area (Å²) in [7, 11) is 2.20. The van der Waals surface area contributed by atoms with E-state index in [0.717, 1.165) is 38.1 Å². The van der Waals surface area contributed by atoms with Gasteiger partial charge in [-0.05, 0) is 58.8 Å². The van der Waals surface area contributed by atoms with Gasteiger partial charge >= 0.3 is 0 Å². The molecule has 0 radical (unpaired) electrons. The SMILES string of the molecule is CCNC(=NCC1CCN(C)C1)NCCN1CCCCC1.I. The number of aliphatic imine (C=N–C) groups is 1. The summed E-state index contributed by atoms with van der Waals surface area (Å²) in [5, 5.41) is 6.85. The van der Waals surface area contributed by atoms with Crippen molar-refractivity contribution in [3.05, 3.63) is 0 Å². The van der Waals surface area contributed by atoms with Crippen molar-refractivity contribution in [2.75, 3.05) is 59.4 Å². The summed E-state index contributed by atoms with van der Waals surface area (Å²) in [5.74, 6) is 1.72. The molecule has 22 heavy (non-hydrogen) atoms. The molecule has 1 unspecified atom stereocenters. The Morgan fingerprint density at radius 3 is 2.55 bits per heavy atom. The summed E-state index contributed by atoms with van der Waals surface area (Å²) in [5.41, 5.74) is 0. The Bertz CT molecular complexity index is 318. The summed E-state index contributed by atoms with van der Waals surface area (Å²) >= 11 is 0. The van der Waals surface area contributed by atoms with Crippen LogP contribution in [0, 0.1) is 5.92 Å². The number of hydrogen-bond donors (Lipinski definition) is 2. The highest BCUT2D eigenvalue weighted by Crippen LogP contribution is 2.14. The van der Waals surface area contributed by atoms with Gasteiger partial charge in [0.25, 0.3) is 0 Å². The fraction of sp³-hybridized carbons (Fsp3) is 0.938. The van der Waals surface area contributed by atoms with Crippen LogP contribution < -0.4 is 10.6 Å². The minimum absolute atomic E-state index is 0. The third-order valence-corrected chi connectivity index (χ3v) is 4.51. The smallest absolute Gasteiger partial charge is 0.191 e. The van der Waals surface area contributed by atoms with Gasteiger partial charge in [0.15, 0.2) is 5.96 Å². The maximum absolute atomic E-state index is 4.76. The molecule has 2 N–H and O–H groups in total. The van der Waals surface area contributed by atoms with Gasteiger partial charge in [-0.2, -0.15) is 0 Å². The van der Waals surface area contributed by atoms with Crippen LogP contribution in [0.3, 0.4) is 0 Å². The van der Waals surface area contributed by atoms with E-state index >= 15 is 0 Å². The summed E-state index contributed by atoms with van der Waals surface area (Å²) in [6, 6.07) is 0. The molecule has 0 saturated carbocycles. The molecular formula is C16H34IN5. The van der Waals surface area contributed by atoms with Crippen molar-refractivity contribution in [2.24, 2.45) is 10.9 Å². The number of likely N-dealkylation sites (tertiary alicyclic amines) is 2. The first-order valence-electron chi connectivity index (χ1n) is 8.71.